The van der Waals surface area contributed by atoms with Crippen molar-refractivity contribution in [2.45, 2.75) is 25.0 Å². The first-order valence-electron chi connectivity index (χ1n) is 4.80. The van der Waals surface area contributed by atoms with Crippen LogP contribution in [0.1, 0.15) is 12.8 Å². The van der Waals surface area contributed by atoms with Crippen molar-refractivity contribution >= 4 is 5.91 Å². The van der Waals surface area contributed by atoms with Crippen molar-refractivity contribution in [1.29, 1.82) is 0 Å². The number of hydrogen-bond acceptors (Lipinski definition) is 4. The van der Waals surface area contributed by atoms with Crippen LogP contribution in [0.4, 0.5) is 0 Å². The van der Waals surface area contributed by atoms with Gasteiger partial charge < -0.3 is 19.9 Å². The number of aliphatic hydroxyl groups is 1. The minimum absolute atomic E-state index is 0.141. The van der Waals surface area contributed by atoms with Crippen molar-refractivity contribution in [3.8, 4) is 0 Å². The van der Waals surface area contributed by atoms with E-state index in [0.717, 1.165) is 12.8 Å². The molecule has 1 aliphatic rings. The third kappa shape index (κ3) is 3.61. The normalized spacial score (nSPS) is 23.4. The first-order valence-corrected chi connectivity index (χ1v) is 4.80. The van der Waals surface area contributed by atoms with E-state index in [1.165, 1.54) is 7.11 Å². The van der Waals surface area contributed by atoms with Crippen LogP contribution >= 0.6 is 0 Å². The molecule has 1 rings (SSSR count). The second kappa shape index (κ2) is 5.95. The summed E-state index contributed by atoms with van der Waals surface area (Å²) in [5.41, 5.74) is 0. The zero-order valence-corrected chi connectivity index (χ0v) is 8.36. The van der Waals surface area contributed by atoms with E-state index in [1.807, 2.05) is 0 Å². The molecular formula is C9H17NO4. The predicted molar refractivity (Wildman–Crippen MR) is 49.9 cm³/mol. The van der Waals surface area contributed by atoms with E-state index < -0.39 is 6.10 Å². The van der Waals surface area contributed by atoms with Crippen molar-refractivity contribution in [3.63, 3.8) is 0 Å². The summed E-state index contributed by atoms with van der Waals surface area (Å²) in [5, 5.41) is 11.9. The van der Waals surface area contributed by atoms with E-state index in [-0.39, 0.29) is 25.2 Å². The number of aliphatic hydroxyl groups excluding tert-OH is 1. The molecule has 0 aliphatic carbocycles. The molecule has 82 valence electrons. The van der Waals surface area contributed by atoms with Crippen molar-refractivity contribution in [2.24, 2.45) is 0 Å². The molecule has 2 atom stereocenters. The summed E-state index contributed by atoms with van der Waals surface area (Å²) in [6.07, 6.45) is 0.723. The summed E-state index contributed by atoms with van der Waals surface area (Å²) in [6, 6.07) is 0. The Morgan fingerprint density at radius 2 is 2.57 bits per heavy atom. The van der Waals surface area contributed by atoms with Crippen LogP contribution in [0, 0.1) is 0 Å². The second-order valence-corrected chi connectivity index (χ2v) is 3.36. The number of rotatable bonds is 5. The molecule has 0 radical (unpaired) electrons. The summed E-state index contributed by atoms with van der Waals surface area (Å²) in [6.45, 7) is 1.09. The number of amides is 1. The topological polar surface area (TPSA) is 67.8 Å². The largest absolute Gasteiger partial charge is 0.389 e. The zero-order valence-electron chi connectivity index (χ0n) is 8.36. The monoisotopic (exact) mass is 203 g/mol. The van der Waals surface area contributed by atoms with Crippen molar-refractivity contribution in [1.82, 2.24) is 5.32 Å². The standard InChI is InChI=1S/C9H17NO4/c1-13-6-7(11)5-10-9(12)8-3-2-4-14-8/h7-8,11H,2-6H2,1H3,(H,10,12)/t7?,8-/m1/s1. The molecule has 0 saturated carbocycles. The van der Waals surface area contributed by atoms with Gasteiger partial charge in [0.05, 0.1) is 12.7 Å². The van der Waals surface area contributed by atoms with Gasteiger partial charge in [-0.05, 0) is 12.8 Å². The molecule has 5 heteroatoms. The fourth-order valence-electron chi connectivity index (χ4n) is 1.37. The van der Waals surface area contributed by atoms with Crippen LogP contribution in [-0.2, 0) is 14.3 Å². The minimum atomic E-state index is -0.648. The first kappa shape index (κ1) is 11.4. The van der Waals surface area contributed by atoms with Crippen LogP contribution < -0.4 is 5.32 Å². The van der Waals surface area contributed by atoms with Gasteiger partial charge in [-0.2, -0.15) is 0 Å². The molecule has 1 unspecified atom stereocenters. The van der Waals surface area contributed by atoms with E-state index in [0.29, 0.717) is 6.61 Å². The van der Waals surface area contributed by atoms with Gasteiger partial charge >= 0.3 is 0 Å². The summed E-state index contributed by atoms with van der Waals surface area (Å²) >= 11 is 0. The minimum Gasteiger partial charge on any atom is -0.389 e. The summed E-state index contributed by atoms with van der Waals surface area (Å²) in [5.74, 6) is -0.141. The number of carbonyl (C=O) groups excluding carboxylic acids is 1. The van der Waals surface area contributed by atoms with Crippen molar-refractivity contribution < 1.29 is 19.4 Å². The van der Waals surface area contributed by atoms with Crippen LogP contribution in [0.2, 0.25) is 0 Å². The third-order valence-corrected chi connectivity index (χ3v) is 2.09. The second-order valence-electron chi connectivity index (χ2n) is 3.36. The predicted octanol–water partition coefficient (Wildman–Crippen LogP) is -0.711. The Kier molecular flexibility index (Phi) is 4.86. The van der Waals surface area contributed by atoms with Crippen LogP contribution in [0.25, 0.3) is 0 Å². The highest BCUT2D eigenvalue weighted by Crippen LogP contribution is 2.11. The van der Waals surface area contributed by atoms with Gasteiger partial charge in [-0.3, -0.25) is 4.79 Å². The molecule has 0 spiro atoms. The van der Waals surface area contributed by atoms with E-state index >= 15 is 0 Å². The molecule has 0 bridgehead atoms. The van der Waals surface area contributed by atoms with Gasteiger partial charge in [0.2, 0.25) is 5.91 Å². The number of carbonyl (C=O) groups is 1. The molecule has 0 aromatic rings. The van der Waals surface area contributed by atoms with Gasteiger partial charge in [-0.1, -0.05) is 0 Å². The van der Waals surface area contributed by atoms with E-state index in [9.17, 15) is 9.90 Å². The van der Waals surface area contributed by atoms with Crippen LogP contribution in [0.3, 0.4) is 0 Å². The molecule has 2 N–H and O–H groups in total. The lowest BCUT2D eigenvalue weighted by Gasteiger charge is -2.13. The van der Waals surface area contributed by atoms with E-state index in [2.05, 4.69) is 5.32 Å². The smallest absolute Gasteiger partial charge is 0.249 e. The maximum Gasteiger partial charge on any atom is 0.249 e. The molecule has 1 amide bonds. The number of methoxy groups -OCH3 is 1. The third-order valence-electron chi connectivity index (χ3n) is 2.09. The Labute approximate surface area is 83.4 Å². The average Bonchev–Trinajstić information content (AvgIpc) is 2.67. The lowest BCUT2D eigenvalue weighted by molar-refractivity contribution is -0.130. The van der Waals surface area contributed by atoms with Crippen molar-refractivity contribution in [3.05, 3.63) is 0 Å². The highest BCUT2D eigenvalue weighted by molar-refractivity contribution is 5.80. The number of hydrogen-bond donors (Lipinski definition) is 2. The Hall–Kier alpha value is -0.650. The fraction of sp³-hybridized carbons (Fsp3) is 0.889. The maximum atomic E-state index is 11.4. The summed E-state index contributed by atoms with van der Waals surface area (Å²) in [4.78, 5) is 11.4. The number of ether oxygens (including phenoxy) is 2. The molecule has 1 heterocycles. The van der Waals surface area contributed by atoms with E-state index in [4.69, 9.17) is 9.47 Å². The van der Waals surface area contributed by atoms with Crippen LogP contribution in [-0.4, -0.2) is 50.1 Å². The lowest BCUT2D eigenvalue weighted by Crippen LogP contribution is -2.39. The molecule has 1 aliphatic heterocycles. The SMILES string of the molecule is COCC(O)CNC(=O)[C@H]1CCCO1. The summed E-state index contributed by atoms with van der Waals surface area (Å²) < 4.78 is 9.91. The molecular weight excluding hydrogens is 186 g/mol. The molecule has 0 aromatic carbocycles. The van der Waals surface area contributed by atoms with Gasteiger partial charge in [0.15, 0.2) is 0 Å². The Balaban J connectivity index is 2.13. The van der Waals surface area contributed by atoms with Gasteiger partial charge in [-0.15, -0.1) is 0 Å². The summed E-state index contributed by atoms with van der Waals surface area (Å²) in [7, 11) is 1.51. The fourth-order valence-corrected chi connectivity index (χ4v) is 1.37. The van der Waals surface area contributed by atoms with Crippen molar-refractivity contribution in [2.75, 3.05) is 26.9 Å². The molecule has 14 heavy (non-hydrogen) atoms. The molecule has 0 aromatic heterocycles. The van der Waals surface area contributed by atoms with E-state index in [1.54, 1.807) is 0 Å². The Morgan fingerprint density at radius 1 is 1.79 bits per heavy atom. The highest BCUT2D eigenvalue weighted by Gasteiger charge is 2.23. The zero-order chi connectivity index (χ0) is 10.4. The van der Waals surface area contributed by atoms with Gasteiger partial charge in [0.1, 0.15) is 6.10 Å². The quantitative estimate of drug-likeness (QED) is 0.619. The Morgan fingerprint density at radius 3 is 3.14 bits per heavy atom. The van der Waals surface area contributed by atoms with Gasteiger partial charge in [0, 0.05) is 20.3 Å². The highest BCUT2D eigenvalue weighted by atomic mass is 16.5. The first-order chi connectivity index (χ1) is 6.74. The molecule has 5 nitrogen and oxygen atoms in total. The number of nitrogens with one attached hydrogen (secondary N) is 1. The molecule has 1 fully saturated rings. The average molecular weight is 203 g/mol. The lowest BCUT2D eigenvalue weighted by atomic mass is 10.2. The molecule has 1 saturated heterocycles. The van der Waals surface area contributed by atoms with Gasteiger partial charge in [0.25, 0.3) is 0 Å². The van der Waals surface area contributed by atoms with Crippen LogP contribution in [0.15, 0.2) is 0 Å². The Bertz CT molecular complexity index is 180. The maximum absolute atomic E-state index is 11.4. The van der Waals surface area contributed by atoms with Crippen LogP contribution in [0.5, 0.6) is 0 Å². The van der Waals surface area contributed by atoms with Gasteiger partial charge in [-0.25, -0.2) is 0 Å².